The molecule has 1 unspecified atom stereocenters. The number of nitrogens with zero attached hydrogens (tertiary/aromatic N) is 2. The highest BCUT2D eigenvalue weighted by Gasteiger charge is 2.09. The second-order valence-electron chi connectivity index (χ2n) is 5.18. The van der Waals surface area contributed by atoms with E-state index in [1.54, 1.807) is 7.11 Å². The van der Waals surface area contributed by atoms with Crippen molar-refractivity contribution in [1.82, 2.24) is 15.5 Å². The Balaban J connectivity index is 0. The van der Waals surface area contributed by atoms with E-state index in [-0.39, 0.29) is 24.0 Å². The van der Waals surface area contributed by atoms with Crippen molar-refractivity contribution < 1.29 is 9.47 Å². The third-order valence-corrected chi connectivity index (χ3v) is 3.48. The Morgan fingerprint density at radius 2 is 1.78 bits per heavy atom. The van der Waals surface area contributed by atoms with Crippen molar-refractivity contribution in [3.05, 3.63) is 0 Å². The van der Waals surface area contributed by atoms with Crippen molar-refractivity contribution in [2.24, 2.45) is 4.99 Å². The number of nitrogens with one attached hydrogen (secondary N) is 2. The van der Waals surface area contributed by atoms with E-state index in [0.29, 0.717) is 19.3 Å². The fraction of sp³-hybridized carbons (Fsp3) is 0.938. The summed E-state index contributed by atoms with van der Waals surface area (Å²) in [5.41, 5.74) is 0. The number of guanidine groups is 1. The van der Waals surface area contributed by atoms with E-state index in [1.165, 1.54) is 0 Å². The maximum Gasteiger partial charge on any atom is 0.191 e. The molecule has 0 aliphatic rings. The standard InChI is InChI=1S/C16H36N4O2.HI/c1-6-17-16(18-10-9-11-22-13-12-21-5)19-14-15(4)20(7-2)8-3;/h15H,6-14H2,1-5H3,(H2,17,18,19);1H. The maximum atomic E-state index is 5.44. The quantitative estimate of drug-likeness (QED) is 0.197. The van der Waals surface area contributed by atoms with Gasteiger partial charge in [0.25, 0.3) is 0 Å². The van der Waals surface area contributed by atoms with Gasteiger partial charge in [-0.3, -0.25) is 9.89 Å². The minimum Gasteiger partial charge on any atom is -0.382 e. The lowest BCUT2D eigenvalue weighted by atomic mass is 10.3. The average Bonchev–Trinajstić information content (AvgIpc) is 2.52. The smallest absolute Gasteiger partial charge is 0.191 e. The SMILES string of the molecule is CCNC(=NCC(C)N(CC)CC)NCCCOCCOC.I. The fourth-order valence-electron chi connectivity index (χ4n) is 2.15. The van der Waals surface area contributed by atoms with Crippen LogP contribution in [-0.2, 0) is 9.47 Å². The zero-order chi connectivity index (χ0) is 16.6. The van der Waals surface area contributed by atoms with E-state index < -0.39 is 0 Å². The van der Waals surface area contributed by atoms with Crippen LogP contribution in [0.15, 0.2) is 4.99 Å². The molecule has 0 rings (SSSR count). The van der Waals surface area contributed by atoms with Crippen LogP contribution in [0.2, 0.25) is 0 Å². The molecule has 0 radical (unpaired) electrons. The van der Waals surface area contributed by atoms with Crippen molar-refractivity contribution in [1.29, 1.82) is 0 Å². The molecule has 6 nitrogen and oxygen atoms in total. The van der Waals surface area contributed by atoms with Crippen LogP contribution in [0.25, 0.3) is 0 Å². The Bertz CT molecular complexity index is 277. The molecule has 0 aromatic heterocycles. The predicted octanol–water partition coefficient (Wildman–Crippen LogP) is 1.94. The molecule has 0 aliphatic heterocycles. The normalized spacial score (nSPS) is 12.9. The molecule has 0 heterocycles. The largest absolute Gasteiger partial charge is 0.382 e. The molecule has 140 valence electrons. The summed E-state index contributed by atoms with van der Waals surface area (Å²) in [7, 11) is 1.68. The lowest BCUT2D eigenvalue weighted by molar-refractivity contribution is 0.0698. The van der Waals surface area contributed by atoms with Gasteiger partial charge >= 0.3 is 0 Å². The highest BCUT2D eigenvalue weighted by Crippen LogP contribution is 1.98. The first-order valence-corrected chi connectivity index (χ1v) is 8.52. The molecule has 1 atom stereocenters. The van der Waals surface area contributed by atoms with Crippen LogP contribution in [0.1, 0.15) is 34.1 Å². The fourth-order valence-corrected chi connectivity index (χ4v) is 2.15. The highest BCUT2D eigenvalue weighted by molar-refractivity contribution is 14.0. The van der Waals surface area contributed by atoms with Crippen LogP contribution in [-0.4, -0.2) is 76.6 Å². The van der Waals surface area contributed by atoms with E-state index in [2.05, 4.69) is 48.2 Å². The second kappa shape index (κ2) is 18.2. The zero-order valence-electron chi connectivity index (χ0n) is 15.6. The van der Waals surface area contributed by atoms with Gasteiger partial charge in [-0.25, -0.2) is 0 Å². The van der Waals surface area contributed by atoms with Crippen molar-refractivity contribution in [3.8, 4) is 0 Å². The van der Waals surface area contributed by atoms with Gasteiger partial charge in [0, 0.05) is 32.8 Å². The van der Waals surface area contributed by atoms with Crippen molar-refractivity contribution in [3.63, 3.8) is 0 Å². The number of methoxy groups -OCH3 is 1. The van der Waals surface area contributed by atoms with Gasteiger partial charge < -0.3 is 20.1 Å². The molecular formula is C16H37IN4O2. The summed E-state index contributed by atoms with van der Waals surface area (Å²) >= 11 is 0. The molecule has 7 heteroatoms. The molecule has 0 fully saturated rings. The van der Waals surface area contributed by atoms with Crippen LogP contribution in [0.4, 0.5) is 0 Å². The Labute approximate surface area is 159 Å². The van der Waals surface area contributed by atoms with E-state index in [4.69, 9.17) is 9.47 Å². The van der Waals surface area contributed by atoms with Gasteiger partial charge in [-0.05, 0) is 33.4 Å². The van der Waals surface area contributed by atoms with Crippen LogP contribution < -0.4 is 10.6 Å². The summed E-state index contributed by atoms with van der Waals surface area (Å²) in [5, 5.41) is 6.63. The van der Waals surface area contributed by atoms with Gasteiger partial charge in [0.1, 0.15) is 0 Å². The van der Waals surface area contributed by atoms with Crippen LogP contribution >= 0.6 is 24.0 Å². The van der Waals surface area contributed by atoms with Crippen molar-refractivity contribution in [2.75, 3.05) is 59.7 Å². The Morgan fingerprint density at radius 1 is 1.09 bits per heavy atom. The molecular weight excluding hydrogens is 407 g/mol. The number of hydrogen-bond donors (Lipinski definition) is 2. The van der Waals surface area contributed by atoms with E-state index in [9.17, 15) is 0 Å². The first-order chi connectivity index (χ1) is 10.7. The number of likely N-dealkylation sites (N-methyl/N-ethyl adjacent to an activating group) is 1. The summed E-state index contributed by atoms with van der Waals surface area (Å²) in [4.78, 5) is 7.08. The van der Waals surface area contributed by atoms with E-state index >= 15 is 0 Å². The number of halogens is 1. The topological polar surface area (TPSA) is 58.1 Å². The Morgan fingerprint density at radius 3 is 2.35 bits per heavy atom. The molecule has 0 saturated carbocycles. The summed E-state index contributed by atoms with van der Waals surface area (Å²) in [6, 6.07) is 0.461. The molecule has 0 bridgehead atoms. The molecule has 2 N–H and O–H groups in total. The van der Waals surface area contributed by atoms with Gasteiger partial charge in [0.05, 0.1) is 19.8 Å². The highest BCUT2D eigenvalue weighted by atomic mass is 127. The summed E-state index contributed by atoms with van der Waals surface area (Å²) < 4.78 is 10.4. The second-order valence-corrected chi connectivity index (χ2v) is 5.18. The van der Waals surface area contributed by atoms with Gasteiger partial charge in [-0.1, -0.05) is 13.8 Å². The lowest BCUT2D eigenvalue weighted by Gasteiger charge is -2.25. The zero-order valence-corrected chi connectivity index (χ0v) is 17.9. The number of aliphatic imine (C=N–C) groups is 1. The molecule has 23 heavy (non-hydrogen) atoms. The average molecular weight is 444 g/mol. The van der Waals surface area contributed by atoms with Crippen molar-refractivity contribution >= 4 is 29.9 Å². The summed E-state index contributed by atoms with van der Waals surface area (Å²) in [6.07, 6.45) is 0.958. The van der Waals surface area contributed by atoms with Crippen LogP contribution in [0, 0.1) is 0 Å². The van der Waals surface area contributed by atoms with Gasteiger partial charge in [0.15, 0.2) is 5.96 Å². The first kappa shape index (κ1) is 25.1. The van der Waals surface area contributed by atoms with E-state index in [0.717, 1.165) is 51.7 Å². The Kier molecular flexibility index (Phi) is 19.9. The van der Waals surface area contributed by atoms with Gasteiger partial charge in [-0.2, -0.15) is 0 Å². The Hall–Kier alpha value is -0.120. The predicted molar refractivity (Wildman–Crippen MR) is 109 cm³/mol. The van der Waals surface area contributed by atoms with Gasteiger partial charge in [-0.15, -0.1) is 24.0 Å². The molecule has 0 aromatic rings. The minimum absolute atomic E-state index is 0. The van der Waals surface area contributed by atoms with E-state index in [1.807, 2.05) is 0 Å². The molecule has 0 saturated heterocycles. The molecule has 0 aromatic carbocycles. The number of hydrogen-bond acceptors (Lipinski definition) is 4. The summed E-state index contributed by atoms with van der Waals surface area (Å²) in [6.45, 7) is 15.4. The van der Waals surface area contributed by atoms with Gasteiger partial charge in [0.2, 0.25) is 0 Å². The molecule has 0 aliphatic carbocycles. The maximum absolute atomic E-state index is 5.44. The number of ether oxygens (including phenoxy) is 2. The lowest BCUT2D eigenvalue weighted by Crippen LogP contribution is -2.40. The van der Waals surface area contributed by atoms with Crippen LogP contribution in [0.5, 0.6) is 0 Å². The first-order valence-electron chi connectivity index (χ1n) is 8.52. The van der Waals surface area contributed by atoms with Crippen LogP contribution in [0.3, 0.4) is 0 Å². The third-order valence-electron chi connectivity index (χ3n) is 3.48. The van der Waals surface area contributed by atoms with Crippen molar-refractivity contribution in [2.45, 2.75) is 40.2 Å². The minimum atomic E-state index is 0. The molecule has 0 spiro atoms. The summed E-state index contributed by atoms with van der Waals surface area (Å²) in [5.74, 6) is 0.887. The monoisotopic (exact) mass is 444 g/mol. The molecule has 0 amide bonds. The third kappa shape index (κ3) is 14.0. The number of rotatable bonds is 13.